The normalized spacial score (nSPS) is 11.8. The van der Waals surface area contributed by atoms with Crippen LogP contribution in [0.3, 0.4) is 0 Å². The number of benzene rings is 6. The molecule has 4 nitrogen and oxygen atoms in total. The van der Waals surface area contributed by atoms with E-state index in [9.17, 15) is 0 Å². The number of hydrogen-bond acceptors (Lipinski definition) is 3. The molecule has 0 N–H and O–H groups in total. The molecule has 4 aromatic heterocycles. The molecule has 6 aromatic carbocycles. The molecule has 0 saturated heterocycles. The van der Waals surface area contributed by atoms with E-state index >= 15 is 0 Å². The van der Waals surface area contributed by atoms with Crippen LogP contribution in [0.1, 0.15) is 0 Å². The highest BCUT2D eigenvalue weighted by molar-refractivity contribution is 6.11. The van der Waals surface area contributed by atoms with Crippen molar-refractivity contribution in [1.29, 1.82) is 0 Å². The summed E-state index contributed by atoms with van der Waals surface area (Å²) in [4.78, 5) is 14.1. The summed E-state index contributed by atoms with van der Waals surface area (Å²) in [6, 6.07) is 49.9. The smallest absolute Gasteiger partial charge is 0.0970 e. The maximum Gasteiger partial charge on any atom is 0.0970 e. The van der Waals surface area contributed by atoms with Crippen molar-refractivity contribution in [3.63, 3.8) is 0 Å². The Bertz CT molecular complexity index is 2850. The van der Waals surface area contributed by atoms with Gasteiger partial charge in [0.2, 0.25) is 0 Å². The summed E-state index contributed by atoms with van der Waals surface area (Å²) < 4.78 is 2.34. The predicted molar refractivity (Wildman–Crippen MR) is 195 cm³/mol. The molecule has 0 radical (unpaired) electrons. The van der Waals surface area contributed by atoms with Crippen molar-refractivity contribution in [2.24, 2.45) is 0 Å². The Labute approximate surface area is 270 Å². The third-order valence-electron chi connectivity index (χ3n) is 9.48. The zero-order valence-electron chi connectivity index (χ0n) is 25.3. The van der Waals surface area contributed by atoms with Crippen molar-refractivity contribution in [1.82, 2.24) is 19.4 Å². The second kappa shape index (κ2) is 10.1. The zero-order valence-corrected chi connectivity index (χ0v) is 25.3. The zero-order chi connectivity index (χ0) is 30.9. The standard InChI is InChI=1S/C43H26N4/c1-3-11-38-35(8-1)41(40-26-46-37-10-2-4-12-39(37)47(38)40)28-15-13-27(14-16-28)29-17-18-31-24-32(20-19-30(31)23-29)36-25-33-7-5-21-44-42(33)43-34(36)9-6-22-45-43/h1-26H. The molecular formula is C43H26N4. The quantitative estimate of drug-likeness (QED) is 0.190. The maximum atomic E-state index is 4.81. The van der Waals surface area contributed by atoms with Crippen LogP contribution < -0.4 is 0 Å². The molecule has 0 amide bonds. The molecule has 47 heavy (non-hydrogen) atoms. The summed E-state index contributed by atoms with van der Waals surface area (Å²) in [5, 5.41) is 5.85. The first-order valence-electron chi connectivity index (χ1n) is 15.8. The van der Waals surface area contributed by atoms with Crippen LogP contribution in [0.15, 0.2) is 158 Å². The topological polar surface area (TPSA) is 43.1 Å². The first-order valence-corrected chi connectivity index (χ1v) is 15.8. The minimum Gasteiger partial charge on any atom is -0.306 e. The van der Waals surface area contributed by atoms with Crippen molar-refractivity contribution in [2.75, 3.05) is 0 Å². The highest BCUT2D eigenvalue weighted by Gasteiger charge is 2.16. The molecule has 0 unspecified atom stereocenters. The highest BCUT2D eigenvalue weighted by atomic mass is 14.9. The number of nitrogens with zero attached hydrogens (tertiary/aromatic N) is 4. The fourth-order valence-corrected chi connectivity index (χ4v) is 7.28. The van der Waals surface area contributed by atoms with Gasteiger partial charge >= 0.3 is 0 Å². The van der Waals surface area contributed by atoms with Crippen LogP contribution >= 0.6 is 0 Å². The molecule has 0 aliphatic heterocycles. The van der Waals surface area contributed by atoms with Gasteiger partial charge in [-0.25, -0.2) is 0 Å². The summed E-state index contributed by atoms with van der Waals surface area (Å²) in [6.07, 6.45) is 5.69. The van der Waals surface area contributed by atoms with E-state index in [1.807, 2.05) is 36.8 Å². The number of pyridine rings is 2. The van der Waals surface area contributed by atoms with E-state index in [-0.39, 0.29) is 0 Å². The molecule has 0 aliphatic rings. The van der Waals surface area contributed by atoms with Gasteiger partial charge in [-0.05, 0) is 87.1 Å². The van der Waals surface area contributed by atoms with Crippen molar-refractivity contribution < 1.29 is 0 Å². The molecule has 4 heteroatoms. The third kappa shape index (κ3) is 3.98. The van der Waals surface area contributed by atoms with Gasteiger partial charge in [0.15, 0.2) is 0 Å². The van der Waals surface area contributed by atoms with Gasteiger partial charge in [0, 0.05) is 34.1 Å². The molecule has 10 rings (SSSR count). The van der Waals surface area contributed by atoms with Gasteiger partial charge in [0.05, 0.1) is 39.3 Å². The van der Waals surface area contributed by atoms with Crippen LogP contribution in [0.4, 0.5) is 0 Å². The number of hydrogen-bond donors (Lipinski definition) is 0. The van der Waals surface area contributed by atoms with Crippen LogP contribution in [0.25, 0.3) is 93.4 Å². The number of rotatable bonds is 3. The molecule has 0 fully saturated rings. The van der Waals surface area contributed by atoms with Crippen molar-refractivity contribution in [3.05, 3.63) is 158 Å². The monoisotopic (exact) mass is 598 g/mol. The Hall–Kier alpha value is -6.39. The van der Waals surface area contributed by atoms with E-state index in [1.165, 1.54) is 55.1 Å². The van der Waals surface area contributed by atoms with Gasteiger partial charge in [0.1, 0.15) is 0 Å². The van der Waals surface area contributed by atoms with Gasteiger partial charge < -0.3 is 4.40 Å². The number of aromatic nitrogens is 4. The van der Waals surface area contributed by atoms with Gasteiger partial charge in [-0.3, -0.25) is 15.0 Å². The van der Waals surface area contributed by atoms with Crippen molar-refractivity contribution in [3.8, 4) is 33.4 Å². The average Bonchev–Trinajstić information content (AvgIpc) is 3.49. The van der Waals surface area contributed by atoms with E-state index in [0.29, 0.717) is 0 Å². The Morgan fingerprint density at radius 1 is 0.404 bits per heavy atom. The lowest BCUT2D eigenvalue weighted by molar-refractivity contribution is 1.27. The first-order chi connectivity index (χ1) is 23.3. The average molecular weight is 599 g/mol. The molecule has 0 saturated carbocycles. The SMILES string of the molecule is c1cnc2c(c1)cc(-c1ccc3cc(-c4ccc(-c5c6ccccc6n6c5cnc5ccccc56)cc4)ccc3c1)c1cccnc12. The molecule has 0 aliphatic carbocycles. The van der Waals surface area contributed by atoms with E-state index in [1.54, 1.807) is 0 Å². The van der Waals surface area contributed by atoms with E-state index < -0.39 is 0 Å². The Morgan fingerprint density at radius 2 is 1.06 bits per heavy atom. The van der Waals surface area contributed by atoms with Gasteiger partial charge in [-0.15, -0.1) is 0 Å². The van der Waals surface area contributed by atoms with Crippen LogP contribution in [0.5, 0.6) is 0 Å². The summed E-state index contributed by atoms with van der Waals surface area (Å²) in [7, 11) is 0. The molecule has 0 spiro atoms. The highest BCUT2D eigenvalue weighted by Crippen LogP contribution is 2.39. The minimum atomic E-state index is 0.936. The molecular weight excluding hydrogens is 573 g/mol. The van der Waals surface area contributed by atoms with Gasteiger partial charge in [-0.1, -0.05) is 91.0 Å². The molecule has 10 aromatic rings. The van der Waals surface area contributed by atoms with Crippen molar-refractivity contribution >= 4 is 60.0 Å². The summed E-state index contributed by atoms with van der Waals surface area (Å²) in [6.45, 7) is 0. The predicted octanol–water partition coefficient (Wildman–Crippen LogP) is 10.9. The summed E-state index contributed by atoms with van der Waals surface area (Å²) >= 11 is 0. The van der Waals surface area contributed by atoms with Crippen LogP contribution in [-0.2, 0) is 0 Å². The summed E-state index contributed by atoms with van der Waals surface area (Å²) in [5.74, 6) is 0. The van der Waals surface area contributed by atoms with Crippen LogP contribution in [0, 0.1) is 0 Å². The largest absolute Gasteiger partial charge is 0.306 e. The second-order valence-electron chi connectivity index (χ2n) is 12.1. The molecule has 4 heterocycles. The van der Waals surface area contributed by atoms with Gasteiger partial charge in [-0.2, -0.15) is 0 Å². The number of para-hydroxylation sites is 3. The van der Waals surface area contributed by atoms with E-state index in [0.717, 1.165) is 38.4 Å². The Balaban J connectivity index is 1.05. The second-order valence-corrected chi connectivity index (χ2v) is 12.1. The lowest BCUT2D eigenvalue weighted by Gasteiger charge is -2.11. The molecule has 0 bridgehead atoms. The number of fused-ring (bicyclic) bond motifs is 9. The van der Waals surface area contributed by atoms with E-state index in [4.69, 9.17) is 9.97 Å². The van der Waals surface area contributed by atoms with Crippen molar-refractivity contribution in [2.45, 2.75) is 0 Å². The summed E-state index contributed by atoms with van der Waals surface area (Å²) in [5.41, 5.74) is 13.4. The Morgan fingerprint density at radius 3 is 1.94 bits per heavy atom. The fraction of sp³-hybridized carbons (Fsp3) is 0. The minimum absolute atomic E-state index is 0.936. The van der Waals surface area contributed by atoms with Crippen LogP contribution in [0.2, 0.25) is 0 Å². The maximum absolute atomic E-state index is 4.81. The van der Waals surface area contributed by atoms with Gasteiger partial charge in [0.25, 0.3) is 0 Å². The fourth-order valence-electron chi connectivity index (χ4n) is 7.28. The molecule has 0 atom stereocenters. The third-order valence-corrected chi connectivity index (χ3v) is 9.48. The lowest BCUT2D eigenvalue weighted by atomic mass is 9.94. The van der Waals surface area contributed by atoms with Crippen LogP contribution in [-0.4, -0.2) is 19.4 Å². The first kappa shape index (κ1) is 25.9. The van der Waals surface area contributed by atoms with E-state index in [2.05, 4.69) is 131 Å². The Kier molecular flexibility index (Phi) is 5.54. The molecule has 218 valence electrons. The lowest BCUT2D eigenvalue weighted by Crippen LogP contribution is -1.90.